The normalized spacial score (nSPS) is 14.9. The summed E-state index contributed by atoms with van der Waals surface area (Å²) in [6, 6.07) is 0.873. The third kappa shape index (κ3) is 2.90. The van der Waals surface area contributed by atoms with Gasteiger partial charge in [-0.3, -0.25) is 0 Å². The highest BCUT2D eigenvalue weighted by atomic mass is 32.1. The largest absolute Gasteiger partial charge is 0.390 e. The van der Waals surface area contributed by atoms with Gasteiger partial charge in [-0.15, -0.1) is 0 Å². The second-order valence-electron chi connectivity index (χ2n) is 3.31. The van der Waals surface area contributed by atoms with Gasteiger partial charge in [0.15, 0.2) is 11.6 Å². The molecule has 0 radical (unpaired) electrons. The van der Waals surface area contributed by atoms with Crippen LogP contribution in [0.3, 0.4) is 0 Å². The molecular weight excluding hydrogens is 241 g/mol. The van der Waals surface area contributed by atoms with Gasteiger partial charge in [-0.2, -0.15) is 12.6 Å². The Bertz CT molecular complexity index is 373. The highest BCUT2D eigenvalue weighted by Gasteiger charge is 2.22. The molecule has 0 saturated heterocycles. The summed E-state index contributed by atoms with van der Waals surface area (Å²) < 4.78 is 38.6. The first-order valence-corrected chi connectivity index (χ1v) is 5.22. The van der Waals surface area contributed by atoms with E-state index in [2.05, 4.69) is 12.6 Å². The second-order valence-corrected chi connectivity index (χ2v) is 3.76. The molecule has 0 aliphatic carbocycles. The Labute approximate surface area is 96.1 Å². The van der Waals surface area contributed by atoms with Crippen LogP contribution in [0.4, 0.5) is 13.2 Å². The fourth-order valence-electron chi connectivity index (χ4n) is 1.26. The monoisotopic (exact) mass is 252 g/mol. The first-order chi connectivity index (χ1) is 7.47. The molecule has 0 amide bonds. The molecule has 0 aliphatic rings. The van der Waals surface area contributed by atoms with Crippen LogP contribution in [-0.4, -0.2) is 22.1 Å². The maximum atomic E-state index is 13.2. The van der Waals surface area contributed by atoms with Gasteiger partial charge in [-0.05, 0) is 18.2 Å². The topological polar surface area (TPSA) is 40.5 Å². The summed E-state index contributed by atoms with van der Waals surface area (Å²) in [6.45, 7) is 0. The number of benzene rings is 1. The van der Waals surface area contributed by atoms with Crippen molar-refractivity contribution in [3.8, 4) is 0 Å². The van der Waals surface area contributed by atoms with E-state index in [4.69, 9.17) is 0 Å². The lowest BCUT2D eigenvalue weighted by atomic mass is 10.0. The first-order valence-electron chi connectivity index (χ1n) is 4.58. The molecule has 2 nitrogen and oxygen atoms in total. The van der Waals surface area contributed by atoms with E-state index in [1.54, 1.807) is 0 Å². The molecule has 90 valence electrons. The Morgan fingerprint density at radius 2 is 1.62 bits per heavy atom. The maximum absolute atomic E-state index is 13.2. The number of halogens is 3. The molecule has 0 fully saturated rings. The lowest BCUT2D eigenvalue weighted by Gasteiger charge is -2.18. The van der Waals surface area contributed by atoms with E-state index in [0.717, 1.165) is 0 Å². The van der Waals surface area contributed by atoms with Crippen LogP contribution in [-0.2, 0) is 0 Å². The summed E-state index contributed by atoms with van der Waals surface area (Å²) in [6.07, 6.45) is -2.75. The number of hydrogen-bond acceptors (Lipinski definition) is 3. The summed E-state index contributed by atoms with van der Waals surface area (Å²) in [5.41, 5.74) is -0.465. The lowest BCUT2D eigenvalue weighted by Crippen LogP contribution is -2.20. The molecule has 2 N–H and O–H groups in total. The van der Waals surface area contributed by atoms with E-state index in [1.807, 2.05) is 0 Å². The van der Waals surface area contributed by atoms with E-state index in [0.29, 0.717) is 12.1 Å². The zero-order valence-corrected chi connectivity index (χ0v) is 9.09. The number of thiol groups is 1. The summed E-state index contributed by atoms with van der Waals surface area (Å²) in [5, 5.41) is 18.9. The molecule has 0 heterocycles. The number of aliphatic hydroxyl groups is 2. The molecule has 0 aromatic heterocycles. The zero-order valence-electron chi connectivity index (χ0n) is 8.20. The third-order valence-corrected chi connectivity index (χ3v) is 2.41. The van der Waals surface area contributed by atoms with Crippen LogP contribution in [0.5, 0.6) is 0 Å². The van der Waals surface area contributed by atoms with Crippen molar-refractivity contribution >= 4 is 12.6 Å². The SMILES string of the molecule is OC(CCS)C(O)c1cc(F)c(F)cc1F. The minimum Gasteiger partial charge on any atom is -0.390 e. The van der Waals surface area contributed by atoms with Crippen LogP contribution in [0.25, 0.3) is 0 Å². The molecule has 0 spiro atoms. The summed E-state index contributed by atoms with van der Waals surface area (Å²) in [7, 11) is 0. The number of rotatable bonds is 4. The van der Waals surface area contributed by atoms with Crippen LogP contribution in [0.2, 0.25) is 0 Å². The molecule has 1 aromatic rings. The van der Waals surface area contributed by atoms with Gasteiger partial charge in [-0.1, -0.05) is 0 Å². The molecule has 1 rings (SSSR count). The Hall–Kier alpha value is -0.720. The molecule has 0 aliphatic heterocycles. The average molecular weight is 252 g/mol. The van der Waals surface area contributed by atoms with Crippen molar-refractivity contribution in [2.45, 2.75) is 18.6 Å². The van der Waals surface area contributed by atoms with Crippen molar-refractivity contribution in [3.05, 3.63) is 35.1 Å². The predicted octanol–water partition coefficient (Wildman–Crippen LogP) is 1.82. The third-order valence-electron chi connectivity index (χ3n) is 2.15. The summed E-state index contributed by atoms with van der Waals surface area (Å²) in [4.78, 5) is 0. The van der Waals surface area contributed by atoms with Gasteiger partial charge in [0.05, 0.1) is 6.10 Å². The highest BCUT2D eigenvalue weighted by molar-refractivity contribution is 7.80. The van der Waals surface area contributed by atoms with Crippen molar-refractivity contribution in [3.63, 3.8) is 0 Å². The van der Waals surface area contributed by atoms with Crippen LogP contribution >= 0.6 is 12.6 Å². The standard InChI is InChI=1S/C10H11F3O2S/c11-6-4-8(13)7(12)3-5(6)10(15)9(14)1-2-16/h3-4,9-10,14-16H,1-2H2. The second kappa shape index (κ2) is 5.56. The van der Waals surface area contributed by atoms with Gasteiger partial charge in [0.2, 0.25) is 0 Å². The molecular formula is C10H11F3O2S. The number of hydrogen-bond donors (Lipinski definition) is 3. The average Bonchev–Trinajstić information content (AvgIpc) is 2.23. The quantitative estimate of drug-likeness (QED) is 0.565. The van der Waals surface area contributed by atoms with Gasteiger partial charge in [0.25, 0.3) is 0 Å². The van der Waals surface area contributed by atoms with Gasteiger partial charge in [0, 0.05) is 11.6 Å². The minimum absolute atomic E-state index is 0.114. The van der Waals surface area contributed by atoms with Crippen molar-refractivity contribution < 1.29 is 23.4 Å². The predicted molar refractivity (Wildman–Crippen MR) is 55.8 cm³/mol. The summed E-state index contributed by atoms with van der Waals surface area (Å²) in [5.74, 6) is -3.42. The Morgan fingerprint density at radius 1 is 1.06 bits per heavy atom. The first kappa shape index (κ1) is 13.3. The van der Waals surface area contributed by atoms with Crippen LogP contribution < -0.4 is 0 Å². The highest BCUT2D eigenvalue weighted by Crippen LogP contribution is 2.24. The molecule has 0 bridgehead atoms. The zero-order chi connectivity index (χ0) is 12.3. The van der Waals surface area contributed by atoms with Crippen LogP contribution in [0, 0.1) is 17.5 Å². The van der Waals surface area contributed by atoms with Crippen LogP contribution in [0.1, 0.15) is 18.1 Å². The Balaban J connectivity index is 2.99. The fraction of sp³-hybridized carbons (Fsp3) is 0.400. The minimum atomic E-state index is -1.60. The molecule has 16 heavy (non-hydrogen) atoms. The molecule has 2 unspecified atom stereocenters. The van der Waals surface area contributed by atoms with E-state index in [1.165, 1.54) is 0 Å². The molecule has 0 saturated carbocycles. The summed E-state index contributed by atoms with van der Waals surface area (Å²) >= 11 is 3.83. The smallest absolute Gasteiger partial charge is 0.161 e. The van der Waals surface area contributed by atoms with Crippen LogP contribution in [0.15, 0.2) is 12.1 Å². The lowest BCUT2D eigenvalue weighted by molar-refractivity contribution is 0.0149. The van der Waals surface area contributed by atoms with Crippen molar-refractivity contribution in [1.29, 1.82) is 0 Å². The van der Waals surface area contributed by atoms with E-state index in [9.17, 15) is 23.4 Å². The van der Waals surface area contributed by atoms with Gasteiger partial charge in [0.1, 0.15) is 11.9 Å². The maximum Gasteiger partial charge on any atom is 0.161 e. The molecule has 6 heteroatoms. The molecule has 1 aromatic carbocycles. The number of aliphatic hydroxyl groups excluding tert-OH is 2. The van der Waals surface area contributed by atoms with Gasteiger partial charge in [-0.25, -0.2) is 13.2 Å². The Kier molecular flexibility index (Phi) is 4.64. The van der Waals surface area contributed by atoms with E-state index >= 15 is 0 Å². The van der Waals surface area contributed by atoms with Gasteiger partial charge < -0.3 is 10.2 Å². The van der Waals surface area contributed by atoms with Crippen molar-refractivity contribution in [2.24, 2.45) is 0 Å². The van der Waals surface area contributed by atoms with Crippen molar-refractivity contribution in [2.75, 3.05) is 5.75 Å². The fourth-order valence-corrected chi connectivity index (χ4v) is 1.53. The van der Waals surface area contributed by atoms with Gasteiger partial charge >= 0.3 is 0 Å². The van der Waals surface area contributed by atoms with E-state index < -0.39 is 35.2 Å². The Morgan fingerprint density at radius 3 is 2.19 bits per heavy atom. The van der Waals surface area contributed by atoms with Crippen molar-refractivity contribution in [1.82, 2.24) is 0 Å². The van der Waals surface area contributed by atoms with E-state index in [-0.39, 0.29) is 12.2 Å². The molecule has 2 atom stereocenters.